The fourth-order valence-corrected chi connectivity index (χ4v) is 3.78. The summed E-state index contributed by atoms with van der Waals surface area (Å²) in [5.41, 5.74) is 4.52. The van der Waals surface area contributed by atoms with Crippen LogP contribution in [0.3, 0.4) is 0 Å². The van der Waals surface area contributed by atoms with E-state index in [1.54, 1.807) is 0 Å². The zero-order chi connectivity index (χ0) is 17.6. The van der Waals surface area contributed by atoms with Crippen LogP contribution in [0.2, 0.25) is 0 Å². The van der Waals surface area contributed by atoms with Gasteiger partial charge in [0.25, 0.3) is 0 Å². The second kappa shape index (κ2) is 8.15. The molecule has 0 saturated carbocycles. The quantitative estimate of drug-likeness (QED) is 0.375. The van der Waals surface area contributed by atoms with E-state index in [4.69, 9.17) is 0 Å². The molecule has 2 nitrogen and oxygen atoms in total. The van der Waals surface area contributed by atoms with Crippen LogP contribution in [-0.4, -0.2) is 10.8 Å². The number of aryl methyl sites for hydroxylation is 1. The van der Waals surface area contributed by atoms with Crippen molar-refractivity contribution >= 4 is 16.7 Å². The number of hydrogen-bond acceptors (Lipinski definition) is 1. The Balaban J connectivity index is 1.91. The Morgan fingerprint density at radius 1 is 1.00 bits per heavy atom. The number of benzene rings is 2. The fourth-order valence-electron chi connectivity index (χ4n) is 3.78. The number of carbonyl (C=O) groups is 1. The molecular formula is C23H27NO. The number of Topliss-reactive ketones (excluding diaryl/α,β-unsaturated/α-hetero) is 1. The van der Waals surface area contributed by atoms with Crippen LogP contribution in [0.25, 0.3) is 10.9 Å². The van der Waals surface area contributed by atoms with Crippen molar-refractivity contribution in [2.45, 2.75) is 51.9 Å². The number of rotatable bonds is 8. The number of nitrogens with one attached hydrogen (secondary N) is 1. The van der Waals surface area contributed by atoms with Crippen molar-refractivity contribution in [2.75, 3.05) is 0 Å². The summed E-state index contributed by atoms with van der Waals surface area (Å²) in [4.78, 5) is 16.3. The number of ketones is 1. The molecule has 0 aliphatic carbocycles. The Labute approximate surface area is 150 Å². The van der Waals surface area contributed by atoms with E-state index in [9.17, 15) is 4.79 Å². The lowest BCUT2D eigenvalue weighted by atomic mass is 9.85. The van der Waals surface area contributed by atoms with Crippen LogP contribution in [-0.2, 0) is 0 Å². The maximum absolute atomic E-state index is 12.8. The summed E-state index contributed by atoms with van der Waals surface area (Å²) in [5.74, 6) is 0.516. The van der Waals surface area contributed by atoms with E-state index in [-0.39, 0.29) is 11.7 Å². The van der Waals surface area contributed by atoms with Gasteiger partial charge < -0.3 is 4.98 Å². The molecule has 1 aromatic heterocycles. The molecule has 130 valence electrons. The van der Waals surface area contributed by atoms with Gasteiger partial charge in [0, 0.05) is 28.6 Å². The first-order chi connectivity index (χ1) is 12.2. The number of fused-ring (bicyclic) bond motifs is 1. The van der Waals surface area contributed by atoms with E-state index in [2.05, 4.69) is 43.1 Å². The predicted molar refractivity (Wildman–Crippen MR) is 105 cm³/mol. The fraction of sp³-hybridized carbons (Fsp3) is 0.348. The van der Waals surface area contributed by atoms with Crippen LogP contribution in [0, 0.1) is 6.92 Å². The van der Waals surface area contributed by atoms with Gasteiger partial charge >= 0.3 is 0 Å². The number of carbonyl (C=O) groups excluding carboxylic acids is 1. The second-order valence-corrected chi connectivity index (χ2v) is 6.90. The minimum atomic E-state index is 0.242. The summed E-state index contributed by atoms with van der Waals surface area (Å²) >= 11 is 0. The molecule has 1 unspecified atom stereocenters. The summed E-state index contributed by atoms with van der Waals surface area (Å²) in [5, 5.41) is 1.27. The smallest absolute Gasteiger partial charge is 0.163 e. The Kier molecular flexibility index (Phi) is 5.70. The van der Waals surface area contributed by atoms with Crippen LogP contribution in [0.1, 0.15) is 66.6 Å². The maximum Gasteiger partial charge on any atom is 0.163 e. The molecule has 3 rings (SSSR count). The van der Waals surface area contributed by atoms with Crippen LogP contribution in [0.5, 0.6) is 0 Å². The zero-order valence-corrected chi connectivity index (χ0v) is 15.2. The number of H-pyrrole nitrogens is 1. The van der Waals surface area contributed by atoms with Crippen molar-refractivity contribution in [1.29, 1.82) is 0 Å². The molecule has 1 N–H and O–H groups in total. The summed E-state index contributed by atoms with van der Waals surface area (Å²) in [7, 11) is 0. The highest BCUT2D eigenvalue weighted by molar-refractivity contribution is 5.97. The van der Waals surface area contributed by atoms with Crippen LogP contribution >= 0.6 is 0 Å². The van der Waals surface area contributed by atoms with E-state index in [0.29, 0.717) is 6.42 Å². The summed E-state index contributed by atoms with van der Waals surface area (Å²) in [6.45, 7) is 4.36. The van der Waals surface area contributed by atoms with E-state index in [1.165, 1.54) is 41.4 Å². The van der Waals surface area contributed by atoms with Crippen molar-refractivity contribution in [2.24, 2.45) is 0 Å². The number of hydrogen-bond donors (Lipinski definition) is 1. The first kappa shape index (κ1) is 17.5. The van der Waals surface area contributed by atoms with E-state index < -0.39 is 0 Å². The molecule has 2 heteroatoms. The largest absolute Gasteiger partial charge is 0.358 e. The molecule has 0 aliphatic heterocycles. The Morgan fingerprint density at radius 2 is 1.72 bits per heavy atom. The summed E-state index contributed by atoms with van der Waals surface area (Å²) in [6.07, 6.45) is 5.23. The average Bonchev–Trinajstić information content (AvgIpc) is 2.97. The lowest BCUT2D eigenvalue weighted by Crippen LogP contribution is -2.09. The molecule has 3 aromatic rings. The second-order valence-electron chi connectivity index (χ2n) is 6.90. The third-order valence-corrected chi connectivity index (χ3v) is 5.04. The normalized spacial score (nSPS) is 12.4. The van der Waals surface area contributed by atoms with E-state index in [1.807, 2.05) is 30.3 Å². The molecule has 0 radical (unpaired) electrons. The number of aromatic nitrogens is 1. The minimum absolute atomic E-state index is 0.242. The standard InChI is InChI=1S/C23H27NO/c1-3-4-6-13-19(16-22(25)18-11-7-5-8-12-18)23-17(2)24-21-15-10-9-14-20(21)23/h5,7-12,14-15,19,24H,3-4,6,13,16H2,1-2H3. The van der Waals surface area contributed by atoms with Gasteiger partial charge in [0.2, 0.25) is 0 Å². The first-order valence-corrected chi connectivity index (χ1v) is 9.36. The van der Waals surface area contributed by atoms with Gasteiger partial charge in [-0.2, -0.15) is 0 Å². The third kappa shape index (κ3) is 4.01. The number of para-hydroxylation sites is 1. The van der Waals surface area contributed by atoms with Gasteiger partial charge in [0.05, 0.1) is 0 Å². The first-order valence-electron chi connectivity index (χ1n) is 9.36. The molecule has 0 amide bonds. The van der Waals surface area contributed by atoms with Gasteiger partial charge in [-0.3, -0.25) is 4.79 Å². The van der Waals surface area contributed by atoms with Gasteiger partial charge in [-0.05, 0) is 30.9 Å². The molecule has 1 heterocycles. The Hall–Kier alpha value is -2.35. The molecule has 0 spiro atoms. The lowest BCUT2D eigenvalue weighted by molar-refractivity contribution is 0.0972. The SMILES string of the molecule is CCCCCC(CC(=O)c1ccccc1)c1c(C)[nH]c2ccccc12. The van der Waals surface area contributed by atoms with Crippen molar-refractivity contribution in [3.8, 4) is 0 Å². The number of unbranched alkanes of at least 4 members (excludes halogenated alkanes) is 2. The van der Waals surface area contributed by atoms with Crippen LogP contribution in [0.15, 0.2) is 54.6 Å². The van der Waals surface area contributed by atoms with Gasteiger partial charge in [-0.25, -0.2) is 0 Å². The maximum atomic E-state index is 12.8. The molecular weight excluding hydrogens is 306 g/mol. The molecule has 0 bridgehead atoms. The lowest BCUT2D eigenvalue weighted by Gasteiger charge is -2.17. The molecule has 0 saturated heterocycles. The molecule has 2 aromatic carbocycles. The minimum Gasteiger partial charge on any atom is -0.358 e. The van der Waals surface area contributed by atoms with Crippen LogP contribution in [0.4, 0.5) is 0 Å². The van der Waals surface area contributed by atoms with Gasteiger partial charge in [-0.15, -0.1) is 0 Å². The molecule has 0 aliphatic rings. The molecule has 0 fully saturated rings. The highest BCUT2D eigenvalue weighted by Gasteiger charge is 2.22. The van der Waals surface area contributed by atoms with E-state index >= 15 is 0 Å². The topological polar surface area (TPSA) is 32.9 Å². The zero-order valence-electron chi connectivity index (χ0n) is 15.2. The summed E-state index contributed by atoms with van der Waals surface area (Å²) < 4.78 is 0. The van der Waals surface area contributed by atoms with Crippen molar-refractivity contribution in [1.82, 2.24) is 4.98 Å². The van der Waals surface area contributed by atoms with Gasteiger partial charge in [-0.1, -0.05) is 74.7 Å². The van der Waals surface area contributed by atoms with Crippen molar-refractivity contribution < 1.29 is 4.79 Å². The van der Waals surface area contributed by atoms with Crippen molar-refractivity contribution in [3.05, 3.63) is 71.4 Å². The van der Waals surface area contributed by atoms with Gasteiger partial charge in [0.1, 0.15) is 0 Å². The highest BCUT2D eigenvalue weighted by Crippen LogP contribution is 2.35. The average molecular weight is 333 g/mol. The Morgan fingerprint density at radius 3 is 2.48 bits per heavy atom. The molecule has 25 heavy (non-hydrogen) atoms. The van der Waals surface area contributed by atoms with Crippen LogP contribution < -0.4 is 0 Å². The summed E-state index contributed by atoms with van der Waals surface area (Å²) in [6, 6.07) is 18.1. The predicted octanol–water partition coefficient (Wildman–Crippen LogP) is 6.41. The third-order valence-electron chi connectivity index (χ3n) is 5.04. The molecule has 1 atom stereocenters. The van der Waals surface area contributed by atoms with Gasteiger partial charge in [0.15, 0.2) is 5.78 Å². The Bertz CT molecular complexity index is 832. The van der Waals surface area contributed by atoms with E-state index in [0.717, 1.165) is 12.0 Å². The monoisotopic (exact) mass is 333 g/mol. The number of aromatic amines is 1. The highest BCUT2D eigenvalue weighted by atomic mass is 16.1. The van der Waals surface area contributed by atoms with Crippen molar-refractivity contribution in [3.63, 3.8) is 0 Å².